The van der Waals surface area contributed by atoms with Gasteiger partial charge < -0.3 is 9.88 Å². The van der Waals surface area contributed by atoms with Gasteiger partial charge in [0.25, 0.3) is 5.56 Å². The summed E-state index contributed by atoms with van der Waals surface area (Å²) in [6.07, 6.45) is 2.12. The third kappa shape index (κ3) is 2.96. The summed E-state index contributed by atoms with van der Waals surface area (Å²) in [5, 5.41) is 17.2. The average molecular weight is 426 g/mol. The maximum absolute atomic E-state index is 12.2. The molecule has 160 valence electrons. The molecule has 0 bridgehead atoms. The second kappa shape index (κ2) is 7.30. The lowest BCUT2D eigenvalue weighted by molar-refractivity contribution is 0.486. The molecule has 32 heavy (non-hydrogen) atoms. The van der Waals surface area contributed by atoms with Gasteiger partial charge >= 0.3 is 0 Å². The monoisotopic (exact) mass is 426 g/mol. The van der Waals surface area contributed by atoms with Crippen LogP contribution in [0.15, 0.2) is 53.3 Å². The van der Waals surface area contributed by atoms with E-state index >= 15 is 0 Å². The summed E-state index contributed by atoms with van der Waals surface area (Å²) in [7, 11) is 1.94. The molecule has 4 heterocycles. The van der Waals surface area contributed by atoms with Gasteiger partial charge in [-0.1, -0.05) is 30.3 Å². The number of aromatic nitrogens is 7. The minimum atomic E-state index is -0.212. The van der Waals surface area contributed by atoms with Crippen molar-refractivity contribution in [1.29, 1.82) is 0 Å². The van der Waals surface area contributed by atoms with Crippen LogP contribution in [0.5, 0.6) is 0 Å². The van der Waals surface area contributed by atoms with E-state index in [1.54, 1.807) is 6.07 Å². The van der Waals surface area contributed by atoms with Crippen LogP contribution in [-0.2, 0) is 7.05 Å². The van der Waals surface area contributed by atoms with Gasteiger partial charge in [0, 0.05) is 31.4 Å². The number of rotatable bonds is 3. The van der Waals surface area contributed by atoms with Gasteiger partial charge in [0.05, 0.1) is 16.4 Å². The number of hydrogen-bond acceptors (Lipinski definition) is 6. The Morgan fingerprint density at radius 3 is 2.72 bits per heavy atom. The molecule has 3 aromatic heterocycles. The molecule has 5 aromatic rings. The number of nitrogens with zero attached hydrogens (tertiary/aromatic N) is 6. The Balaban J connectivity index is 1.34. The topological polar surface area (TPSA) is 108 Å². The van der Waals surface area contributed by atoms with Crippen LogP contribution in [0.1, 0.15) is 24.6 Å². The number of fused-ring (bicyclic) bond motifs is 2. The summed E-state index contributed by atoms with van der Waals surface area (Å²) in [4.78, 5) is 22.7. The summed E-state index contributed by atoms with van der Waals surface area (Å²) >= 11 is 0. The standard InChI is InChI=1S/C23H22N8O/c1-30-21(19-15-8-2-3-9-16(15)22(32)28-26-19)27-29-23(30)31-12-6-7-14(13-31)20-24-17-10-4-5-11-18(17)25-20/h2-5,8-11,14H,6-7,12-13H2,1H3,(H,24,25)(H,28,32). The maximum atomic E-state index is 12.2. The van der Waals surface area contributed by atoms with Crippen molar-refractivity contribution in [3.05, 3.63) is 64.7 Å². The van der Waals surface area contributed by atoms with E-state index in [1.165, 1.54) is 0 Å². The number of nitrogens with one attached hydrogen (secondary N) is 2. The van der Waals surface area contributed by atoms with Crippen molar-refractivity contribution in [2.24, 2.45) is 7.05 Å². The highest BCUT2D eigenvalue weighted by Gasteiger charge is 2.27. The highest BCUT2D eigenvalue weighted by Crippen LogP contribution is 2.31. The molecule has 2 N–H and O–H groups in total. The van der Waals surface area contributed by atoms with Crippen molar-refractivity contribution in [2.75, 3.05) is 18.0 Å². The summed E-state index contributed by atoms with van der Waals surface area (Å²) < 4.78 is 1.95. The Kier molecular flexibility index (Phi) is 4.27. The molecule has 0 aliphatic carbocycles. The van der Waals surface area contributed by atoms with Crippen LogP contribution in [0.2, 0.25) is 0 Å². The minimum absolute atomic E-state index is 0.212. The van der Waals surface area contributed by atoms with Gasteiger partial charge in [-0.25, -0.2) is 10.1 Å². The second-order valence-electron chi connectivity index (χ2n) is 8.25. The first-order valence-electron chi connectivity index (χ1n) is 10.8. The van der Waals surface area contributed by atoms with Crippen LogP contribution in [0.25, 0.3) is 33.3 Å². The first-order chi connectivity index (χ1) is 15.7. The summed E-state index contributed by atoms with van der Waals surface area (Å²) in [5.74, 6) is 2.73. The van der Waals surface area contributed by atoms with Crippen molar-refractivity contribution in [3.8, 4) is 11.5 Å². The first kappa shape index (κ1) is 18.7. The van der Waals surface area contributed by atoms with Gasteiger partial charge in [0.2, 0.25) is 5.95 Å². The molecule has 1 atom stereocenters. The number of anilines is 1. The maximum Gasteiger partial charge on any atom is 0.272 e. The largest absolute Gasteiger partial charge is 0.342 e. The van der Waals surface area contributed by atoms with Crippen molar-refractivity contribution in [2.45, 2.75) is 18.8 Å². The van der Waals surface area contributed by atoms with Crippen LogP contribution in [0, 0.1) is 0 Å². The number of imidazole rings is 1. The molecule has 9 nitrogen and oxygen atoms in total. The van der Waals surface area contributed by atoms with Crippen molar-refractivity contribution < 1.29 is 0 Å². The average Bonchev–Trinajstić information content (AvgIpc) is 3.43. The lowest BCUT2D eigenvalue weighted by atomic mass is 9.97. The van der Waals surface area contributed by atoms with E-state index in [1.807, 2.05) is 48.0 Å². The number of benzene rings is 2. The lowest BCUT2D eigenvalue weighted by Crippen LogP contribution is -2.36. The zero-order valence-corrected chi connectivity index (χ0v) is 17.6. The van der Waals surface area contributed by atoms with Crippen LogP contribution in [-0.4, -0.2) is 48.0 Å². The lowest BCUT2D eigenvalue weighted by Gasteiger charge is -2.32. The Morgan fingerprint density at radius 1 is 1.03 bits per heavy atom. The Morgan fingerprint density at radius 2 is 1.84 bits per heavy atom. The predicted molar refractivity (Wildman–Crippen MR) is 123 cm³/mol. The fourth-order valence-corrected chi connectivity index (χ4v) is 4.64. The van der Waals surface area contributed by atoms with Crippen LogP contribution in [0.4, 0.5) is 5.95 Å². The number of piperidine rings is 1. The fourth-order valence-electron chi connectivity index (χ4n) is 4.64. The highest BCUT2D eigenvalue weighted by molar-refractivity contribution is 5.92. The third-order valence-corrected chi connectivity index (χ3v) is 6.26. The smallest absolute Gasteiger partial charge is 0.272 e. The predicted octanol–water partition coefficient (Wildman–Crippen LogP) is 2.98. The van der Waals surface area contributed by atoms with Crippen LogP contribution >= 0.6 is 0 Å². The Labute approximate surface area is 183 Å². The molecule has 6 rings (SSSR count). The molecule has 1 aliphatic heterocycles. The van der Waals surface area contributed by atoms with E-state index < -0.39 is 0 Å². The van der Waals surface area contributed by atoms with E-state index in [9.17, 15) is 4.79 Å². The highest BCUT2D eigenvalue weighted by atomic mass is 16.1. The zero-order chi connectivity index (χ0) is 21.7. The Bertz CT molecular complexity index is 1460. The van der Waals surface area contributed by atoms with Gasteiger partial charge in [-0.3, -0.25) is 9.36 Å². The van der Waals surface area contributed by atoms with Crippen LogP contribution in [0.3, 0.4) is 0 Å². The van der Waals surface area contributed by atoms with E-state index in [0.717, 1.165) is 54.1 Å². The first-order valence-corrected chi connectivity index (χ1v) is 10.8. The normalized spacial score (nSPS) is 16.8. The van der Waals surface area contributed by atoms with Crippen molar-refractivity contribution in [1.82, 2.24) is 34.9 Å². The van der Waals surface area contributed by atoms with Gasteiger partial charge in [0.15, 0.2) is 5.82 Å². The van der Waals surface area contributed by atoms with E-state index in [2.05, 4.69) is 36.3 Å². The van der Waals surface area contributed by atoms with Gasteiger partial charge in [0.1, 0.15) is 11.5 Å². The van der Waals surface area contributed by atoms with Gasteiger partial charge in [-0.2, -0.15) is 5.10 Å². The van der Waals surface area contributed by atoms with Crippen molar-refractivity contribution >= 4 is 27.8 Å². The molecule has 9 heteroatoms. The molecule has 0 spiro atoms. The van der Waals surface area contributed by atoms with E-state index in [-0.39, 0.29) is 5.56 Å². The number of para-hydroxylation sites is 2. The summed E-state index contributed by atoms with van der Waals surface area (Å²) in [6.45, 7) is 1.72. The fraction of sp³-hybridized carbons (Fsp3) is 0.261. The molecule has 0 radical (unpaired) electrons. The third-order valence-electron chi connectivity index (χ3n) is 6.26. The quantitative estimate of drug-likeness (QED) is 0.459. The molecule has 0 amide bonds. The molecule has 1 saturated heterocycles. The minimum Gasteiger partial charge on any atom is -0.342 e. The van der Waals surface area contributed by atoms with Crippen molar-refractivity contribution in [3.63, 3.8) is 0 Å². The number of hydrogen-bond donors (Lipinski definition) is 2. The number of aromatic amines is 2. The van der Waals surface area contributed by atoms with E-state index in [0.29, 0.717) is 22.8 Å². The van der Waals surface area contributed by atoms with Gasteiger partial charge in [-0.15, -0.1) is 10.2 Å². The Hall–Kier alpha value is -4.01. The molecular formula is C23H22N8O. The van der Waals surface area contributed by atoms with E-state index in [4.69, 9.17) is 4.98 Å². The second-order valence-corrected chi connectivity index (χ2v) is 8.25. The SMILES string of the molecule is Cn1c(-c2n[nH]c(=O)c3ccccc23)nnc1N1CCCC(c2nc3ccccc3[nH]2)C1. The van der Waals surface area contributed by atoms with Gasteiger partial charge in [-0.05, 0) is 31.0 Å². The molecule has 1 fully saturated rings. The molecule has 1 unspecified atom stereocenters. The molecule has 0 saturated carbocycles. The summed E-state index contributed by atoms with van der Waals surface area (Å²) in [6, 6.07) is 15.5. The molecular weight excluding hydrogens is 404 g/mol. The zero-order valence-electron chi connectivity index (χ0n) is 17.6. The molecule has 2 aromatic carbocycles. The summed E-state index contributed by atoms with van der Waals surface area (Å²) in [5.41, 5.74) is 2.47. The molecule has 1 aliphatic rings. The van der Waals surface area contributed by atoms with Crippen LogP contribution < -0.4 is 10.5 Å². The number of H-pyrrole nitrogens is 2.